The molecule has 0 saturated carbocycles. The van der Waals surface area contributed by atoms with E-state index >= 15 is 0 Å². The second-order valence-electron chi connectivity index (χ2n) is 7.18. The molecular formula is C23H24N6O. The Morgan fingerprint density at radius 3 is 2.47 bits per heavy atom. The Hall–Kier alpha value is -3.74. The number of piperazine rings is 1. The molecule has 1 aliphatic heterocycles. The summed E-state index contributed by atoms with van der Waals surface area (Å²) in [5, 5.41) is 11.8. The summed E-state index contributed by atoms with van der Waals surface area (Å²) in [5.74, 6) is 2.24. The molecule has 2 aromatic heterocycles. The summed E-state index contributed by atoms with van der Waals surface area (Å²) < 4.78 is 0. The molecular weight excluding hydrogens is 376 g/mol. The van der Waals surface area contributed by atoms with E-state index in [0.717, 1.165) is 35.9 Å². The molecule has 3 heterocycles. The molecule has 1 aromatic carbocycles. The third-order valence-corrected chi connectivity index (χ3v) is 4.96. The number of nitrogens with zero attached hydrogens (tertiary/aromatic N) is 5. The van der Waals surface area contributed by atoms with Gasteiger partial charge in [0.15, 0.2) is 11.6 Å². The van der Waals surface area contributed by atoms with E-state index in [9.17, 15) is 4.79 Å². The monoisotopic (exact) mass is 400 g/mol. The summed E-state index contributed by atoms with van der Waals surface area (Å²) in [4.78, 5) is 20.7. The van der Waals surface area contributed by atoms with Crippen molar-refractivity contribution in [2.24, 2.45) is 0 Å². The number of nitrogens with one attached hydrogen (secondary N) is 1. The van der Waals surface area contributed by atoms with E-state index in [-0.39, 0.29) is 5.91 Å². The number of aryl methyl sites for hydroxylation is 1. The third-order valence-electron chi connectivity index (χ3n) is 4.96. The lowest BCUT2D eigenvalue weighted by Gasteiger charge is -2.34. The van der Waals surface area contributed by atoms with Gasteiger partial charge in [0.2, 0.25) is 5.91 Å². The predicted octanol–water partition coefficient (Wildman–Crippen LogP) is 3.29. The molecule has 0 spiro atoms. The second-order valence-corrected chi connectivity index (χ2v) is 7.18. The average Bonchev–Trinajstić information content (AvgIpc) is 2.79. The minimum Gasteiger partial charge on any atom is -0.352 e. The fourth-order valence-electron chi connectivity index (χ4n) is 3.29. The highest BCUT2D eigenvalue weighted by Crippen LogP contribution is 2.17. The van der Waals surface area contributed by atoms with Crippen LogP contribution in [-0.4, -0.2) is 52.2 Å². The van der Waals surface area contributed by atoms with Gasteiger partial charge in [-0.3, -0.25) is 4.79 Å². The van der Waals surface area contributed by atoms with Gasteiger partial charge in [-0.1, -0.05) is 30.3 Å². The highest BCUT2D eigenvalue weighted by Gasteiger charge is 2.20. The zero-order chi connectivity index (χ0) is 20.8. The Balaban J connectivity index is 1.30. The number of anilines is 3. The maximum atomic E-state index is 12.4. The molecule has 152 valence electrons. The highest BCUT2D eigenvalue weighted by molar-refractivity contribution is 5.91. The van der Waals surface area contributed by atoms with Crippen molar-refractivity contribution in [2.45, 2.75) is 6.92 Å². The van der Waals surface area contributed by atoms with Gasteiger partial charge in [-0.2, -0.15) is 0 Å². The number of aromatic nitrogens is 3. The third kappa shape index (κ3) is 5.00. The van der Waals surface area contributed by atoms with Gasteiger partial charge < -0.3 is 15.1 Å². The molecule has 1 amide bonds. The summed E-state index contributed by atoms with van der Waals surface area (Å²) in [6.07, 6.45) is 5.26. The zero-order valence-electron chi connectivity index (χ0n) is 16.9. The Morgan fingerprint density at radius 1 is 0.967 bits per heavy atom. The van der Waals surface area contributed by atoms with Gasteiger partial charge in [0.25, 0.3) is 0 Å². The first-order valence-electron chi connectivity index (χ1n) is 9.98. The van der Waals surface area contributed by atoms with Crippen molar-refractivity contribution in [3.63, 3.8) is 0 Å². The van der Waals surface area contributed by atoms with Crippen molar-refractivity contribution in [1.82, 2.24) is 20.1 Å². The Kier molecular flexibility index (Phi) is 5.98. The van der Waals surface area contributed by atoms with Crippen molar-refractivity contribution in [2.75, 3.05) is 36.4 Å². The smallest absolute Gasteiger partial charge is 0.246 e. The Morgan fingerprint density at radius 2 is 1.77 bits per heavy atom. The van der Waals surface area contributed by atoms with Gasteiger partial charge in [0.1, 0.15) is 5.82 Å². The van der Waals surface area contributed by atoms with Gasteiger partial charge >= 0.3 is 0 Å². The van der Waals surface area contributed by atoms with Crippen LogP contribution in [0.4, 0.5) is 17.5 Å². The van der Waals surface area contributed by atoms with Crippen LogP contribution in [-0.2, 0) is 4.79 Å². The number of benzene rings is 1. The minimum atomic E-state index is 0.0368. The summed E-state index contributed by atoms with van der Waals surface area (Å²) in [7, 11) is 0. The first-order chi connectivity index (χ1) is 14.7. The van der Waals surface area contributed by atoms with Crippen LogP contribution >= 0.6 is 0 Å². The van der Waals surface area contributed by atoms with E-state index in [1.165, 1.54) is 0 Å². The van der Waals surface area contributed by atoms with Crippen molar-refractivity contribution in [3.8, 4) is 0 Å². The maximum Gasteiger partial charge on any atom is 0.246 e. The van der Waals surface area contributed by atoms with Crippen LogP contribution in [0.5, 0.6) is 0 Å². The van der Waals surface area contributed by atoms with Crippen molar-refractivity contribution < 1.29 is 4.79 Å². The van der Waals surface area contributed by atoms with E-state index in [0.29, 0.717) is 18.9 Å². The van der Waals surface area contributed by atoms with Crippen LogP contribution in [0.1, 0.15) is 11.1 Å². The standard InChI is InChI=1S/C23H24N6O/c1-18-11-12-24-21(17-18)25-20-8-9-22(27-26-20)28-13-15-29(16-14-28)23(30)10-7-19-5-3-2-4-6-19/h2-12,17H,13-16H2,1H3,(H,24,25,26). The second kappa shape index (κ2) is 9.17. The number of pyridine rings is 1. The van der Waals surface area contributed by atoms with Crippen molar-refractivity contribution >= 4 is 29.4 Å². The molecule has 1 N–H and O–H groups in total. The topological polar surface area (TPSA) is 74.2 Å². The molecule has 0 atom stereocenters. The van der Waals surface area contributed by atoms with Crippen LogP contribution in [0.15, 0.2) is 66.9 Å². The van der Waals surface area contributed by atoms with Crippen LogP contribution in [0.2, 0.25) is 0 Å². The van der Waals surface area contributed by atoms with Gasteiger partial charge in [-0.25, -0.2) is 4.98 Å². The molecule has 1 fully saturated rings. The SMILES string of the molecule is Cc1ccnc(Nc2ccc(N3CCN(C(=O)C=Cc4ccccc4)CC3)nn2)c1. The van der Waals surface area contributed by atoms with Gasteiger partial charge in [0.05, 0.1) is 0 Å². The number of hydrogen-bond donors (Lipinski definition) is 1. The number of carbonyl (C=O) groups is 1. The van der Waals surface area contributed by atoms with E-state index in [2.05, 4.69) is 25.4 Å². The normalized spacial score (nSPS) is 14.2. The number of amides is 1. The summed E-state index contributed by atoms with van der Waals surface area (Å²) in [6.45, 7) is 4.79. The molecule has 30 heavy (non-hydrogen) atoms. The molecule has 7 heteroatoms. The summed E-state index contributed by atoms with van der Waals surface area (Å²) in [6, 6.07) is 17.6. The van der Waals surface area contributed by atoms with Gasteiger partial charge in [-0.05, 0) is 48.4 Å². The van der Waals surface area contributed by atoms with E-state index in [1.807, 2.05) is 72.5 Å². The number of carbonyl (C=O) groups excluding carboxylic acids is 1. The minimum absolute atomic E-state index is 0.0368. The maximum absolute atomic E-state index is 12.4. The van der Waals surface area contributed by atoms with Gasteiger partial charge in [-0.15, -0.1) is 10.2 Å². The van der Waals surface area contributed by atoms with E-state index < -0.39 is 0 Å². The summed E-state index contributed by atoms with van der Waals surface area (Å²) in [5.41, 5.74) is 2.15. The predicted molar refractivity (Wildman–Crippen MR) is 119 cm³/mol. The van der Waals surface area contributed by atoms with E-state index in [1.54, 1.807) is 12.3 Å². The lowest BCUT2D eigenvalue weighted by atomic mass is 10.2. The first-order valence-corrected chi connectivity index (χ1v) is 9.98. The Bertz CT molecular complexity index is 1010. The fraction of sp³-hybridized carbons (Fsp3) is 0.217. The van der Waals surface area contributed by atoms with Crippen molar-refractivity contribution in [1.29, 1.82) is 0 Å². The van der Waals surface area contributed by atoms with Crippen LogP contribution in [0, 0.1) is 6.92 Å². The number of hydrogen-bond acceptors (Lipinski definition) is 6. The highest BCUT2D eigenvalue weighted by atomic mass is 16.2. The summed E-state index contributed by atoms with van der Waals surface area (Å²) >= 11 is 0. The molecule has 0 bridgehead atoms. The molecule has 0 aliphatic carbocycles. The largest absolute Gasteiger partial charge is 0.352 e. The molecule has 1 saturated heterocycles. The van der Waals surface area contributed by atoms with Crippen LogP contribution < -0.4 is 10.2 Å². The Labute approximate surface area is 176 Å². The molecule has 3 aromatic rings. The van der Waals surface area contributed by atoms with Crippen LogP contribution in [0.25, 0.3) is 6.08 Å². The molecule has 0 unspecified atom stereocenters. The lowest BCUT2D eigenvalue weighted by molar-refractivity contribution is -0.126. The average molecular weight is 400 g/mol. The molecule has 1 aliphatic rings. The molecule has 0 radical (unpaired) electrons. The lowest BCUT2D eigenvalue weighted by Crippen LogP contribution is -2.48. The molecule has 4 rings (SSSR count). The van der Waals surface area contributed by atoms with E-state index in [4.69, 9.17) is 0 Å². The zero-order valence-corrected chi connectivity index (χ0v) is 16.9. The fourth-order valence-corrected chi connectivity index (χ4v) is 3.29. The first kappa shape index (κ1) is 19.6. The quantitative estimate of drug-likeness (QED) is 0.663. The number of rotatable bonds is 5. The van der Waals surface area contributed by atoms with Crippen LogP contribution in [0.3, 0.4) is 0 Å². The molecule has 7 nitrogen and oxygen atoms in total. The van der Waals surface area contributed by atoms with Gasteiger partial charge in [0, 0.05) is 38.5 Å². The van der Waals surface area contributed by atoms with Crippen molar-refractivity contribution in [3.05, 3.63) is 78.0 Å².